The van der Waals surface area contributed by atoms with Crippen LogP contribution in [0.2, 0.25) is 0 Å². The first-order valence-corrected chi connectivity index (χ1v) is 4.99. The van der Waals surface area contributed by atoms with E-state index in [9.17, 15) is 5.11 Å². The molecule has 78 valence electrons. The summed E-state index contributed by atoms with van der Waals surface area (Å²) in [7, 11) is 0. The number of piperazine rings is 1. The highest BCUT2D eigenvalue weighted by molar-refractivity contribution is 4.86. The van der Waals surface area contributed by atoms with Gasteiger partial charge < -0.3 is 16.2 Å². The van der Waals surface area contributed by atoms with Gasteiger partial charge in [0.15, 0.2) is 0 Å². The van der Waals surface area contributed by atoms with E-state index in [1.54, 1.807) is 0 Å². The van der Waals surface area contributed by atoms with Gasteiger partial charge in [0, 0.05) is 32.7 Å². The van der Waals surface area contributed by atoms with Gasteiger partial charge in [-0.2, -0.15) is 0 Å². The zero-order valence-corrected chi connectivity index (χ0v) is 8.58. The van der Waals surface area contributed by atoms with Crippen LogP contribution in [0.5, 0.6) is 0 Å². The Balaban J connectivity index is 2.62. The van der Waals surface area contributed by atoms with Crippen molar-refractivity contribution in [2.75, 3.05) is 32.7 Å². The summed E-state index contributed by atoms with van der Waals surface area (Å²) < 4.78 is 0. The van der Waals surface area contributed by atoms with Gasteiger partial charge in [0.05, 0.1) is 0 Å². The summed E-state index contributed by atoms with van der Waals surface area (Å²) in [5.41, 5.74) is 4.81. The Morgan fingerprint density at radius 3 is 2.38 bits per heavy atom. The van der Waals surface area contributed by atoms with Gasteiger partial charge >= 0.3 is 0 Å². The second-order valence-corrected chi connectivity index (χ2v) is 3.97. The third-order valence-corrected chi connectivity index (χ3v) is 2.89. The molecular weight excluding hydrogens is 166 g/mol. The Morgan fingerprint density at radius 1 is 1.46 bits per heavy atom. The smallest absolute Gasteiger partial charge is 0.133 e. The van der Waals surface area contributed by atoms with E-state index >= 15 is 0 Å². The zero-order chi connectivity index (χ0) is 9.90. The van der Waals surface area contributed by atoms with Gasteiger partial charge in [-0.1, -0.05) is 13.8 Å². The predicted octanol–water partition coefficient (Wildman–Crippen LogP) is -0.805. The first-order chi connectivity index (χ1) is 6.11. The number of hydrogen-bond acceptors (Lipinski definition) is 4. The molecule has 1 aliphatic rings. The summed E-state index contributed by atoms with van der Waals surface area (Å²) in [5, 5.41) is 13.6. The van der Waals surface area contributed by atoms with Crippen molar-refractivity contribution in [2.45, 2.75) is 19.6 Å². The molecule has 0 aromatic carbocycles. The van der Waals surface area contributed by atoms with Crippen LogP contribution in [-0.2, 0) is 0 Å². The van der Waals surface area contributed by atoms with Crippen molar-refractivity contribution in [1.29, 1.82) is 0 Å². The maximum absolute atomic E-state index is 10.3. The monoisotopic (exact) mass is 187 g/mol. The van der Waals surface area contributed by atoms with Crippen LogP contribution in [0.4, 0.5) is 0 Å². The minimum absolute atomic E-state index is 0.176. The summed E-state index contributed by atoms with van der Waals surface area (Å²) in [6.07, 6.45) is 0. The minimum atomic E-state index is -0.817. The molecule has 4 N–H and O–H groups in total. The Morgan fingerprint density at radius 2 is 2.00 bits per heavy atom. The second kappa shape index (κ2) is 4.37. The van der Waals surface area contributed by atoms with E-state index < -0.39 is 5.72 Å². The lowest BCUT2D eigenvalue weighted by Gasteiger charge is -2.44. The molecule has 0 saturated carbocycles. The van der Waals surface area contributed by atoms with Crippen LogP contribution in [0.3, 0.4) is 0 Å². The molecule has 4 heteroatoms. The number of hydrogen-bond donors (Lipinski definition) is 3. The molecule has 1 aliphatic heterocycles. The fraction of sp³-hybridized carbons (Fsp3) is 1.00. The Hall–Kier alpha value is -0.160. The standard InChI is InChI=1S/C9H21N3O/c1-8(2)9(13,7-10)12-5-3-11-4-6-12/h8,11,13H,3-7,10H2,1-2H3. The lowest BCUT2D eigenvalue weighted by Crippen LogP contribution is -2.62. The fourth-order valence-electron chi connectivity index (χ4n) is 1.78. The van der Waals surface area contributed by atoms with E-state index in [1.807, 2.05) is 13.8 Å². The highest BCUT2D eigenvalue weighted by Crippen LogP contribution is 2.20. The van der Waals surface area contributed by atoms with Crippen molar-refractivity contribution < 1.29 is 5.11 Å². The first kappa shape index (κ1) is 10.9. The van der Waals surface area contributed by atoms with Crippen LogP contribution in [0.1, 0.15) is 13.8 Å². The van der Waals surface area contributed by atoms with E-state index in [0.29, 0.717) is 6.54 Å². The van der Waals surface area contributed by atoms with Crippen LogP contribution in [0.15, 0.2) is 0 Å². The van der Waals surface area contributed by atoms with Gasteiger partial charge in [-0.25, -0.2) is 0 Å². The van der Waals surface area contributed by atoms with E-state index in [2.05, 4.69) is 10.2 Å². The SMILES string of the molecule is CC(C)C(O)(CN)N1CCNCC1. The summed E-state index contributed by atoms with van der Waals surface area (Å²) in [4.78, 5) is 2.08. The molecule has 1 rings (SSSR count). The Bertz CT molecular complexity index is 157. The average molecular weight is 187 g/mol. The van der Waals surface area contributed by atoms with Crippen LogP contribution in [0, 0.1) is 5.92 Å². The molecule has 1 unspecified atom stereocenters. The molecule has 1 heterocycles. The zero-order valence-electron chi connectivity index (χ0n) is 8.58. The van der Waals surface area contributed by atoms with E-state index in [1.165, 1.54) is 0 Å². The van der Waals surface area contributed by atoms with E-state index in [-0.39, 0.29) is 5.92 Å². The molecule has 1 saturated heterocycles. The molecule has 0 radical (unpaired) electrons. The quantitative estimate of drug-likeness (QED) is 0.541. The summed E-state index contributed by atoms with van der Waals surface area (Å²) in [5.74, 6) is 0.176. The lowest BCUT2D eigenvalue weighted by molar-refractivity contribution is -0.137. The number of nitrogens with two attached hydrogens (primary N) is 1. The highest BCUT2D eigenvalue weighted by atomic mass is 16.3. The molecule has 4 nitrogen and oxygen atoms in total. The summed E-state index contributed by atoms with van der Waals surface area (Å²) >= 11 is 0. The van der Waals surface area contributed by atoms with Gasteiger partial charge in [0.25, 0.3) is 0 Å². The molecular formula is C9H21N3O. The normalized spacial score (nSPS) is 24.7. The second-order valence-electron chi connectivity index (χ2n) is 3.97. The number of aliphatic hydroxyl groups is 1. The fourth-order valence-corrected chi connectivity index (χ4v) is 1.78. The summed E-state index contributed by atoms with van der Waals surface area (Å²) in [6.45, 7) is 7.97. The Labute approximate surface area is 80.1 Å². The molecule has 0 aromatic heterocycles. The van der Waals surface area contributed by atoms with Crippen LogP contribution >= 0.6 is 0 Å². The van der Waals surface area contributed by atoms with Crippen molar-refractivity contribution in [3.8, 4) is 0 Å². The van der Waals surface area contributed by atoms with Crippen molar-refractivity contribution in [2.24, 2.45) is 11.7 Å². The lowest BCUT2D eigenvalue weighted by atomic mass is 9.97. The minimum Gasteiger partial charge on any atom is -0.374 e. The third-order valence-electron chi connectivity index (χ3n) is 2.89. The average Bonchev–Trinajstić information content (AvgIpc) is 2.17. The van der Waals surface area contributed by atoms with Gasteiger partial charge in [-0.05, 0) is 5.92 Å². The highest BCUT2D eigenvalue weighted by Gasteiger charge is 2.36. The Kier molecular flexibility index (Phi) is 3.67. The van der Waals surface area contributed by atoms with Crippen molar-refractivity contribution >= 4 is 0 Å². The first-order valence-electron chi connectivity index (χ1n) is 4.99. The van der Waals surface area contributed by atoms with Gasteiger partial charge in [0.1, 0.15) is 5.72 Å². The van der Waals surface area contributed by atoms with Crippen molar-refractivity contribution in [3.05, 3.63) is 0 Å². The van der Waals surface area contributed by atoms with Crippen molar-refractivity contribution in [3.63, 3.8) is 0 Å². The van der Waals surface area contributed by atoms with E-state index in [4.69, 9.17) is 5.73 Å². The van der Waals surface area contributed by atoms with Gasteiger partial charge in [-0.3, -0.25) is 4.90 Å². The molecule has 0 amide bonds. The maximum Gasteiger partial charge on any atom is 0.133 e. The van der Waals surface area contributed by atoms with Crippen LogP contribution < -0.4 is 11.1 Å². The molecule has 0 spiro atoms. The topological polar surface area (TPSA) is 61.5 Å². The molecule has 13 heavy (non-hydrogen) atoms. The molecule has 0 bridgehead atoms. The number of rotatable bonds is 3. The van der Waals surface area contributed by atoms with Crippen LogP contribution in [0.25, 0.3) is 0 Å². The largest absolute Gasteiger partial charge is 0.374 e. The van der Waals surface area contributed by atoms with Crippen molar-refractivity contribution in [1.82, 2.24) is 10.2 Å². The molecule has 0 aliphatic carbocycles. The predicted molar refractivity (Wildman–Crippen MR) is 53.3 cm³/mol. The van der Waals surface area contributed by atoms with Crippen LogP contribution in [-0.4, -0.2) is 48.5 Å². The molecule has 1 fully saturated rings. The number of nitrogens with zero attached hydrogens (tertiary/aromatic N) is 1. The third kappa shape index (κ3) is 2.20. The molecule has 0 aromatic rings. The molecule has 1 atom stereocenters. The number of nitrogens with one attached hydrogen (secondary N) is 1. The van der Waals surface area contributed by atoms with Gasteiger partial charge in [-0.15, -0.1) is 0 Å². The maximum atomic E-state index is 10.3. The summed E-state index contributed by atoms with van der Waals surface area (Å²) in [6, 6.07) is 0. The van der Waals surface area contributed by atoms with Gasteiger partial charge in [0.2, 0.25) is 0 Å². The van der Waals surface area contributed by atoms with E-state index in [0.717, 1.165) is 26.2 Å².